The second-order valence-corrected chi connectivity index (χ2v) is 9.58. The van der Waals surface area contributed by atoms with Crippen LogP contribution in [0.1, 0.15) is 23.7 Å². The Kier molecular flexibility index (Phi) is 8.91. The first-order valence-corrected chi connectivity index (χ1v) is 12.7. The molecular weight excluding hydrogens is 482 g/mol. The third kappa shape index (κ3) is 6.14. The molecule has 9 nitrogen and oxygen atoms in total. The molecule has 3 rings (SSSR count). The Morgan fingerprint density at radius 2 is 1.56 bits per heavy atom. The number of methoxy groups -OCH3 is 2. The van der Waals surface area contributed by atoms with Gasteiger partial charge in [-0.2, -0.15) is 0 Å². The van der Waals surface area contributed by atoms with Gasteiger partial charge in [-0.25, -0.2) is 8.42 Å². The van der Waals surface area contributed by atoms with E-state index in [0.717, 1.165) is 10.7 Å². The Labute approximate surface area is 211 Å². The highest BCUT2D eigenvalue weighted by Crippen LogP contribution is 2.33. The largest absolute Gasteiger partial charge is 0.493 e. The third-order valence-electron chi connectivity index (χ3n) is 5.25. The van der Waals surface area contributed by atoms with Crippen LogP contribution in [0, 0.1) is 0 Å². The number of amides is 2. The van der Waals surface area contributed by atoms with Crippen LogP contribution in [0.15, 0.2) is 77.7 Å². The zero-order chi connectivity index (χ0) is 26.1. The summed E-state index contributed by atoms with van der Waals surface area (Å²) in [6.45, 7) is 1.88. The Morgan fingerprint density at radius 1 is 0.889 bits per heavy atom. The molecule has 2 N–H and O–H groups in total. The van der Waals surface area contributed by atoms with Crippen molar-refractivity contribution in [3.05, 3.63) is 78.4 Å². The Morgan fingerprint density at radius 3 is 2.22 bits per heavy atom. The SMILES string of the molecule is CCCNC(=O)c1ccccc1NC(=O)CN(c1ccc(OC)c(OC)c1)S(=O)(=O)c1ccccc1. The minimum atomic E-state index is -4.13. The summed E-state index contributed by atoms with van der Waals surface area (Å²) in [5.74, 6) is -0.238. The van der Waals surface area contributed by atoms with Crippen molar-refractivity contribution in [1.29, 1.82) is 0 Å². The fraction of sp³-hybridized carbons (Fsp3) is 0.231. The molecule has 3 aromatic carbocycles. The third-order valence-corrected chi connectivity index (χ3v) is 7.04. The number of nitrogens with zero attached hydrogens (tertiary/aromatic N) is 1. The van der Waals surface area contributed by atoms with E-state index >= 15 is 0 Å². The van der Waals surface area contributed by atoms with Gasteiger partial charge in [-0.15, -0.1) is 0 Å². The maximum absolute atomic E-state index is 13.6. The number of hydrogen-bond acceptors (Lipinski definition) is 6. The van der Waals surface area contributed by atoms with Gasteiger partial charge in [-0.1, -0.05) is 37.3 Å². The summed E-state index contributed by atoms with van der Waals surface area (Å²) in [5, 5.41) is 5.46. The first kappa shape index (κ1) is 26.6. The molecule has 0 bridgehead atoms. The van der Waals surface area contributed by atoms with Crippen LogP contribution in [0.2, 0.25) is 0 Å². The standard InChI is InChI=1S/C26H29N3O6S/c1-4-16-27-26(31)21-12-8-9-13-22(21)28-25(30)18-29(36(32,33)20-10-6-5-7-11-20)19-14-15-23(34-2)24(17-19)35-3/h5-15,17H,4,16,18H2,1-3H3,(H,27,31)(H,28,30). The van der Waals surface area contributed by atoms with Crippen molar-refractivity contribution in [3.63, 3.8) is 0 Å². The number of anilines is 2. The molecule has 10 heteroatoms. The zero-order valence-electron chi connectivity index (χ0n) is 20.4. The molecule has 3 aromatic rings. The molecule has 2 amide bonds. The van der Waals surface area contributed by atoms with E-state index in [9.17, 15) is 18.0 Å². The molecule has 0 radical (unpaired) electrons. The van der Waals surface area contributed by atoms with Crippen LogP contribution in [0.3, 0.4) is 0 Å². The van der Waals surface area contributed by atoms with Crippen LogP contribution >= 0.6 is 0 Å². The van der Waals surface area contributed by atoms with Crippen LogP contribution in [0.4, 0.5) is 11.4 Å². The van der Waals surface area contributed by atoms with Gasteiger partial charge in [0.05, 0.1) is 36.1 Å². The number of hydrogen-bond donors (Lipinski definition) is 2. The molecule has 0 fully saturated rings. The van der Waals surface area contributed by atoms with Crippen LogP contribution < -0.4 is 24.4 Å². The fourth-order valence-electron chi connectivity index (χ4n) is 3.46. The second kappa shape index (κ2) is 12.1. The van der Waals surface area contributed by atoms with E-state index in [0.29, 0.717) is 18.0 Å². The lowest BCUT2D eigenvalue weighted by molar-refractivity contribution is -0.114. The van der Waals surface area contributed by atoms with Gasteiger partial charge in [0.25, 0.3) is 15.9 Å². The summed E-state index contributed by atoms with van der Waals surface area (Å²) >= 11 is 0. The lowest BCUT2D eigenvalue weighted by Crippen LogP contribution is -2.38. The van der Waals surface area contributed by atoms with Gasteiger partial charge in [0.1, 0.15) is 6.54 Å². The number of para-hydroxylation sites is 1. The van der Waals surface area contributed by atoms with E-state index in [2.05, 4.69) is 10.6 Å². The first-order valence-electron chi connectivity index (χ1n) is 11.3. The van der Waals surface area contributed by atoms with Crippen molar-refractivity contribution >= 4 is 33.2 Å². The predicted octanol–water partition coefficient (Wildman–Crippen LogP) is 3.68. The van der Waals surface area contributed by atoms with Crippen molar-refractivity contribution < 1.29 is 27.5 Å². The first-order chi connectivity index (χ1) is 17.3. The van der Waals surface area contributed by atoms with Gasteiger partial charge >= 0.3 is 0 Å². The smallest absolute Gasteiger partial charge is 0.264 e. The molecule has 0 aliphatic rings. The summed E-state index contributed by atoms with van der Waals surface area (Å²) in [6.07, 6.45) is 0.762. The van der Waals surface area contributed by atoms with E-state index in [-0.39, 0.29) is 27.7 Å². The average Bonchev–Trinajstić information content (AvgIpc) is 2.90. The lowest BCUT2D eigenvalue weighted by Gasteiger charge is -2.25. The molecule has 0 aliphatic heterocycles. The summed E-state index contributed by atoms with van der Waals surface area (Å²) in [4.78, 5) is 25.7. The van der Waals surface area contributed by atoms with Crippen molar-refractivity contribution in [2.75, 3.05) is 36.9 Å². The van der Waals surface area contributed by atoms with Gasteiger partial charge in [-0.3, -0.25) is 13.9 Å². The van der Waals surface area contributed by atoms with Gasteiger partial charge < -0.3 is 20.1 Å². The summed E-state index contributed by atoms with van der Waals surface area (Å²) in [7, 11) is -1.22. The molecular formula is C26H29N3O6S. The molecule has 0 atom stereocenters. The highest BCUT2D eigenvalue weighted by Gasteiger charge is 2.28. The van der Waals surface area contributed by atoms with Crippen molar-refractivity contribution in [2.45, 2.75) is 18.2 Å². The van der Waals surface area contributed by atoms with Crippen LogP contribution in [-0.4, -0.2) is 47.5 Å². The molecule has 36 heavy (non-hydrogen) atoms. The molecule has 0 heterocycles. The van der Waals surface area contributed by atoms with E-state index in [1.165, 1.54) is 38.5 Å². The monoisotopic (exact) mass is 511 g/mol. The van der Waals surface area contributed by atoms with Crippen LogP contribution in [0.25, 0.3) is 0 Å². The van der Waals surface area contributed by atoms with Gasteiger partial charge in [0, 0.05) is 12.6 Å². The number of benzene rings is 3. The number of sulfonamides is 1. The van der Waals surface area contributed by atoms with E-state index < -0.39 is 22.5 Å². The van der Waals surface area contributed by atoms with Gasteiger partial charge in [-0.05, 0) is 42.8 Å². The summed E-state index contributed by atoms with van der Waals surface area (Å²) in [5.41, 5.74) is 0.768. The van der Waals surface area contributed by atoms with Crippen molar-refractivity contribution in [1.82, 2.24) is 5.32 Å². The Hall–Kier alpha value is -4.05. The van der Waals surface area contributed by atoms with E-state index in [4.69, 9.17) is 9.47 Å². The number of ether oxygens (including phenoxy) is 2. The van der Waals surface area contributed by atoms with E-state index in [1.54, 1.807) is 48.5 Å². The number of carbonyl (C=O) groups is 2. The lowest BCUT2D eigenvalue weighted by atomic mass is 10.1. The second-order valence-electron chi connectivity index (χ2n) is 7.71. The fourth-order valence-corrected chi connectivity index (χ4v) is 4.89. The van der Waals surface area contributed by atoms with Gasteiger partial charge in [0.15, 0.2) is 11.5 Å². The highest BCUT2D eigenvalue weighted by molar-refractivity contribution is 7.92. The maximum Gasteiger partial charge on any atom is 0.264 e. The topological polar surface area (TPSA) is 114 Å². The molecule has 0 spiro atoms. The number of nitrogens with one attached hydrogen (secondary N) is 2. The number of carbonyl (C=O) groups excluding carboxylic acids is 2. The number of rotatable bonds is 11. The van der Waals surface area contributed by atoms with Crippen LogP contribution in [-0.2, 0) is 14.8 Å². The Balaban J connectivity index is 1.96. The molecule has 0 aliphatic carbocycles. The molecule has 190 valence electrons. The minimum Gasteiger partial charge on any atom is -0.493 e. The minimum absolute atomic E-state index is 0.0203. The van der Waals surface area contributed by atoms with Crippen molar-refractivity contribution in [2.24, 2.45) is 0 Å². The normalized spacial score (nSPS) is 10.9. The Bertz CT molecular complexity index is 1310. The molecule has 0 aromatic heterocycles. The summed E-state index contributed by atoms with van der Waals surface area (Å²) < 4.78 is 38.7. The summed E-state index contributed by atoms with van der Waals surface area (Å²) in [6, 6.07) is 18.9. The van der Waals surface area contributed by atoms with Gasteiger partial charge in [0.2, 0.25) is 5.91 Å². The zero-order valence-corrected chi connectivity index (χ0v) is 21.2. The van der Waals surface area contributed by atoms with Crippen LogP contribution in [0.5, 0.6) is 11.5 Å². The quantitative estimate of drug-likeness (QED) is 0.406. The molecule has 0 unspecified atom stereocenters. The van der Waals surface area contributed by atoms with Crippen molar-refractivity contribution in [3.8, 4) is 11.5 Å². The highest BCUT2D eigenvalue weighted by atomic mass is 32.2. The van der Waals surface area contributed by atoms with E-state index in [1.807, 2.05) is 6.92 Å². The molecule has 0 saturated carbocycles. The molecule has 0 saturated heterocycles. The predicted molar refractivity (Wildman–Crippen MR) is 138 cm³/mol. The average molecular weight is 512 g/mol. The maximum atomic E-state index is 13.6.